The van der Waals surface area contributed by atoms with Gasteiger partial charge in [-0.25, -0.2) is 4.39 Å². The topological polar surface area (TPSA) is 231 Å². The van der Waals surface area contributed by atoms with Gasteiger partial charge in [-0.1, -0.05) is 320 Å². The number of unbranched alkanes of at least 4 members (excludes halogenated alkanes) is 5. The van der Waals surface area contributed by atoms with Gasteiger partial charge >= 0.3 is 0 Å². The zero-order chi connectivity index (χ0) is 92.3. The van der Waals surface area contributed by atoms with Gasteiger partial charge in [0.15, 0.2) is 28.9 Å². The molecule has 660 valence electrons. The number of carbonyl (C=O) groups excluding carboxylic acids is 10. The molecule has 0 saturated heterocycles. The Morgan fingerprint density at radius 3 is 0.734 bits per heavy atom. The Hall–Kier alpha value is -14.0. The molecule has 5 N–H and O–H groups in total. The molecule has 10 rings (SSSR count). The molecule has 128 heavy (non-hydrogen) atoms. The first-order valence-corrected chi connectivity index (χ1v) is 44.4. The lowest BCUT2D eigenvalue weighted by atomic mass is 10.1. The summed E-state index contributed by atoms with van der Waals surface area (Å²) in [4.78, 5) is 124. The molecule has 0 atom stereocenters. The first-order chi connectivity index (χ1) is 62.0. The zero-order valence-electron chi connectivity index (χ0n) is 73.9. The van der Waals surface area contributed by atoms with Crippen molar-refractivity contribution in [2.45, 2.75) is 145 Å². The van der Waals surface area contributed by atoms with Crippen molar-refractivity contribution in [1.82, 2.24) is 26.6 Å². The van der Waals surface area contributed by atoms with Gasteiger partial charge in [0, 0.05) is 72.4 Å². The third-order valence-corrected chi connectivity index (χ3v) is 19.8. The molecule has 9 aromatic carbocycles. The summed E-state index contributed by atoms with van der Waals surface area (Å²) in [7, 11) is 0. The molecule has 15 nitrogen and oxygen atoms in total. The van der Waals surface area contributed by atoms with Gasteiger partial charge in [-0.3, -0.25) is 47.9 Å². The Morgan fingerprint density at radius 1 is 0.273 bits per heavy atom. The van der Waals surface area contributed by atoms with Crippen molar-refractivity contribution in [1.29, 1.82) is 0 Å². The fraction of sp³-hybridized carbons (Fsp3) is 0.200. The normalized spacial score (nSPS) is 11.6. The van der Waals surface area contributed by atoms with Crippen LogP contribution >= 0.6 is 22.9 Å². The molecule has 5 amide bonds. The number of aryl methyl sites for hydroxylation is 2. The summed E-state index contributed by atoms with van der Waals surface area (Å²) in [5, 5.41) is 16.2. The van der Waals surface area contributed by atoms with Crippen molar-refractivity contribution in [3.05, 3.63) is 402 Å². The molecule has 0 saturated carbocycles. The van der Waals surface area contributed by atoms with Gasteiger partial charge < -0.3 is 26.6 Å². The minimum atomic E-state index is -0.382. The number of rotatable bonds is 40. The maximum Gasteiger partial charge on any atom is 0.248 e. The molecular weight excluding hydrogens is 1640 g/mol. The van der Waals surface area contributed by atoms with Gasteiger partial charge in [-0.2, -0.15) is 0 Å². The second-order valence-electron chi connectivity index (χ2n) is 29.5. The molecule has 0 bridgehead atoms. The minimum absolute atomic E-state index is 0.0430. The van der Waals surface area contributed by atoms with Gasteiger partial charge in [0.2, 0.25) is 29.5 Å². The largest absolute Gasteiger partial charge is 0.319 e. The van der Waals surface area contributed by atoms with Crippen LogP contribution in [0.5, 0.6) is 0 Å². The van der Waals surface area contributed by atoms with Gasteiger partial charge in [0.05, 0.1) is 28.5 Å². The number of amides is 5. The number of thiophene rings is 1. The lowest BCUT2D eigenvalue weighted by molar-refractivity contribution is -0.120. The molecular formula is C110H115ClFN5O10S. The summed E-state index contributed by atoms with van der Waals surface area (Å²) in [5.41, 5.74) is 11.7. The maximum atomic E-state index is 13.1. The molecule has 0 aliphatic rings. The van der Waals surface area contributed by atoms with Gasteiger partial charge in [0.1, 0.15) is 5.82 Å². The van der Waals surface area contributed by atoms with E-state index in [-0.39, 0.29) is 70.0 Å². The van der Waals surface area contributed by atoms with Crippen molar-refractivity contribution in [3.63, 3.8) is 0 Å². The monoisotopic (exact) mass is 1750 g/mol. The number of carbonyl (C=O) groups is 10. The van der Waals surface area contributed by atoms with Gasteiger partial charge in [0.25, 0.3) is 0 Å². The highest BCUT2D eigenvalue weighted by Gasteiger charge is 2.18. The van der Waals surface area contributed by atoms with E-state index in [1.807, 2.05) is 278 Å². The zero-order valence-corrected chi connectivity index (χ0v) is 75.5. The summed E-state index contributed by atoms with van der Waals surface area (Å²) in [5.74, 6) is -2.33. The van der Waals surface area contributed by atoms with E-state index in [0.29, 0.717) is 65.5 Å². The van der Waals surface area contributed by atoms with Crippen LogP contribution in [0.3, 0.4) is 0 Å². The highest BCUT2D eigenvalue weighted by molar-refractivity contribution is 7.10. The van der Waals surface area contributed by atoms with Gasteiger partial charge in [-0.15, -0.1) is 11.3 Å². The van der Waals surface area contributed by atoms with Crippen LogP contribution in [-0.2, 0) is 47.9 Å². The Balaban J connectivity index is 0.000000247. The van der Waals surface area contributed by atoms with Crippen LogP contribution in [0, 0.1) is 19.7 Å². The highest BCUT2D eigenvalue weighted by atomic mass is 35.5. The quantitative estimate of drug-likeness (QED) is 0.0228. The molecule has 1 heterocycles. The lowest BCUT2D eigenvalue weighted by Crippen LogP contribution is -2.25. The van der Waals surface area contributed by atoms with Crippen LogP contribution in [0.25, 0.3) is 60.8 Å². The van der Waals surface area contributed by atoms with E-state index < -0.39 is 0 Å². The Bertz CT molecular complexity index is 5140. The van der Waals surface area contributed by atoms with Crippen LogP contribution in [0.4, 0.5) is 4.39 Å². The molecule has 1 aromatic heterocycles. The van der Waals surface area contributed by atoms with Crippen molar-refractivity contribution in [2.75, 3.05) is 0 Å². The average Bonchev–Trinajstić information content (AvgIpc) is 1.50. The predicted octanol–water partition coefficient (Wildman–Crippen LogP) is 24.6. The maximum absolute atomic E-state index is 13.1. The molecule has 0 unspecified atom stereocenters. The average molecular weight is 1750 g/mol. The first-order valence-electron chi connectivity index (χ1n) is 43.1. The summed E-state index contributed by atoms with van der Waals surface area (Å²) in [6.45, 7) is 14.2. The molecule has 0 fully saturated rings. The molecule has 0 aliphatic carbocycles. The molecule has 10 aromatic rings. The summed E-state index contributed by atoms with van der Waals surface area (Å²) in [6.07, 6.45) is 34.9. The number of halogens is 2. The fourth-order valence-electron chi connectivity index (χ4n) is 11.5. The summed E-state index contributed by atoms with van der Waals surface area (Å²) < 4.78 is 13.1. The molecule has 18 heteroatoms. The van der Waals surface area contributed by atoms with E-state index in [4.69, 9.17) is 11.6 Å². The van der Waals surface area contributed by atoms with Crippen LogP contribution < -0.4 is 26.6 Å². The van der Waals surface area contributed by atoms with Crippen molar-refractivity contribution in [3.8, 4) is 0 Å². The van der Waals surface area contributed by atoms with E-state index in [1.54, 1.807) is 96.4 Å². The number of nitrogens with one attached hydrogen (secondary N) is 5. The Kier molecular flexibility index (Phi) is 48.6. The van der Waals surface area contributed by atoms with Crippen molar-refractivity contribution >= 4 is 142 Å². The number of allylic oxidation sites excluding steroid dienone is 5. The Labute approximate surface area is 763 Å². The van der Waals surface area contributed by atoms with Crippen molar-refractivity contribution < 1.29 is 52.3 Å². The van der Waals surface area contributed by atoms with E-state index in [0.717, 1.165) is 114 Å². The fourth-order valence-corrected chi connectivity index (χ4v) is 12.2. The van der Waals surface area contributed by atoms with Crippen LogP contribution in [0.2, 0.25) is 5.02 Å². The lowest BCUT2D eigenvalue weighted by Gasteiger charge is -2.08. The third kappa shape index (κ3) is 43.6. The van der Waals surface area contributed by atoms with E-state index in [9.17, 15) is 52.3 Å². The number of hydrogen-bond acceptors (Lipinski definition) is 11. The van der Waals surface area contributed by atoms with Crippen LogP contribution in [0.15, 0.2) is 325 Å². The van der Waals surface area contributed by atoms with E-state index in [1.165, 1.54) is 53.6 Å². The standard InChI is InChI=1S/2C23H25NO2.C22H22ClNO2.C22H22FNO2.C20H21NO2S/c2*1-3-4-10-22(25)21(17-20-8-6-5-7-9-20)24-23(26)16-15-19-13-11-18(2)12-14-19;1-2-3-9-21(25)20(16-18-7-5-4-6-8-18)24-22(26)15-12-17-10-13-19(23)14-11-17;1-2-3-9-21(25)20(16-18-10-13-19(23)14-11-18)24-22(26)15-12-17-7-5-4-6-8-17;1-2-3-11-19(22)18(15-16-8-5-4-6-9-16)21-20(23)13-12-17-10-7-14-24-17/h2*5-9,11-17H,3-4,10H2,1-2H3,(H,24,26);2*4-8,10-16H,2-3,9H2,1H3,(H,24,26);4-10,12-15H,2-3,11H2,1H3,(H,21,23)/b2*16-15+,21-17-;2*15-12+,20-16-;13-12+,18-15-. The summed E-state index contributed by atoms with van der Waals surface area (Å²) in [6, 6.07) is 80.0. The highest BCUT2D eigenvalue weighted by Crippen LogP contribution is 2.19. The number of ketones is 5. The van der Waals surface area contributed by atoms with Crippen LogP contribution in [-0.4, -0.2) is 58.5 Å². The smallest absolute Gasteiger partial charge is 0.248 e. The predicted molar refractivity (Wildman–Crippen MR) is 525 cm³/mol. The second-order valence-corrected chi connectivity index (χ2v) is 30.9. The first kappa shape index (κ1) is 103. The molecule has 0 spiro atoms. The molecule has 0 aliphatic heterocycles. The number of Topliss-reactive ketones (excluding diaryl/α,β-unsaturated/α-hetero) is 5. The number of benzene rings is 9. The Morgan fingerprint density at radius 2 is 0.492 bits per heavy atom. The van der Waals surface area contributed by atoms with Crippen LogP contribution in [0.1, 0.15) is 197 Å². The third-order valence-electron chi connectivity index (χ3n) is 18.7. The van der Waals surface area contributed by atoms with Crippen molar-refractivity contribution in [2.24, 2.45) is 0 Å². The molecule has 0 radical (unpaired) electrons. The SMILES string of the molecule is CCCCC(=O)/C(=C/c1ccc(F)cc1)NC(=O)/C=C/c1ccccc1.CCCCC(=O)/C(=C/c1ccccc1)NC(=O)/C=C/c1ccc(C)cc1.CCCCC(=O)/C(=C/c1ccccc1)NC(=O)/C=C/c1ccc(C)cc1.CCCCC(=O)/C(=C/c1ccccc1)NC(=O)/C=C/c1ccc(Cl)cc1.CCCCC(=O)/C(=C/c1ccccc1)NC(=O)/C=C/c1cccs1. The summed E-state index contributed by atoms with van der Waals surface area (Å²) >= 11 is 7.40. The van der Waals surface area contributed by atoms with E-state index >= 15 is 0 Å². The minimum Gasteiger partial charge on any atom is -0.319 e. The van der Waals surface area contributed by atoms with E-state index in [2.05, 4.69) is 26.6 Å². The van der Waals surface area contributed by atoms with Gasteiger partial charge in [-0.05, 0) is 192 Å². The second kappa shape index (κ2) is 60.6. The number of hydrogen-bond donors (Lipinski definition) is 5.